The monoisotopic (exact) mass is 374 g/mol. The summed E-state index contributed by atoms with van der Waals surface area (Å²) in [5.41, 5.74) is 7.71. The summed E-state index contributed by atoms with van der Waals surface area (Å²) in [5.74, 6) is 1.45. The zero-order chi connectivity index (χ0) is 19.7. The van der Waals surface area contributed by atoms with E-state index < -0.39 is 0 Å². The molecule has 0 saturated carbocycles. The van der Waals surface area contributed by atoms with E-state index in [0.717, 1.165) is 39.2 Å². The van der Waals surface area contributed by atoms with E-state index >= 15 is 0 Å². The summed E-state index contributed by atoms with van der Waals surface area (Å²) < 4.78 is 5.54. The average molecular weight is 374 g/mol. The van der Waals surface area contributed by atoms with Gasteiger partial charge in [0.1, 0.15) is 17.2 Å². The maximum Gasteiger partial charge on any atom is 0.134 e. The molecule has 1 atom stereocenters. The molecule has 0 aliphatic heterocycles. The number of fused-ring (bicyclic) bond motifs is 1. The lowest BCUT2D eigenvalue weighted by atomic mass is 10.1. The molecule has 2 heterocycles. The Hall–Kier alpha value is -3.38. The molecule has 0 spiro atoms. The quantitative estimate of drug-likeness (QED) is 0.401. The van der Waals surface area contributed by atoms with E-state index in [9.17, 15) is 0 Å². The summed E-state index contributed by atoms with van der Waals surface area (Å²) >= 11 is 0. The molecule has 6 nitrogen and oxygen atoms in total. The van der Waals surface area contributed by atoms with Crippen molar-refractivity contribution in [3.05, 3.63) is 71.7 Å². The van der Waals surface area contributed by atoms with Gasteiger partial charge in [-0.1, -0.05) is 12.1 Å². The van der Waals surface area contributed by atoms with Gasteiger partial charge in [0.25, 0.3) is 0 Å². The van der Waals surface area contributed by atoms with Crippen LogP contribution in [0, 0.1) is 13.8 Å². The first-order valence-electron chi connectivity index (χ1n) is 9.14. The lowest BCUT2D eigenvalue weighted by Crippen LogP contribution is -2.09. The van der Waals surface area contributed by atoms with E-state index in [1.54, 1.807) is 12.3 Å². The number of aryl methyl sites for hydroxylation is 2. The number of rotatable bonds is 5. The fraction of sp³-hybridized carbons (Fsp3) is 0.182. The van der Waals surface area contributed by atoms with Crippen molar-refractivity contribution in [2.45, 2.75) is 26.8 Å². The molecular formula is C22H22N4O2. The van der Waals surface area contributed by atoms with Gasteiger partial charge in [0.15, 0.2) is 0 Å². The Labute approximate surface area is 163 Å². The highest BCUT2D eigenvalue weighted by Gasteiger charge is 2.11. The number of aromatic nitrogens is 2. The van der Waals surface area contributed by atoms with Crippen LogP contribution in [0.5, 0.6) is 0 Å². The van der Waals surface area contributed by atoms with Gasteiger partial charge in [-0.3, -0.25) is 10.7 Å². The standard InChI is InChI=1S/C22H22N4O2/c1-13-12-28-21-8-7-17(10-19(13)21)20-11-22(25-15(3)24-20)23-14(2)16-5-4-6-18(9-16)26-27/h4-12,14,26-27H,1-3H3,(H,23,24,25). The molecule has 4 aromatic rings. The Balaban J connectivity index is 1.65. The van der Waals surface area contributed by atoms with Gasteiger partial charge < -0.3 is 9.73 Å². The van der Waals surface area contributed by atoms with E-state index in [-0.39, 0.29) is 6.04 Å². The minimum absolute atomic E-state index is 0.00838. The Morgan fingerprint density at radius 1 is 1.04 bits per heavy atom. The van der Waals surface area contributed by atoms with Crippen LogP contribution in [0.3, 0.4) is 0 Å². The van der Waals surface area contributed by atoms with E-state index in [1.807, 2.05) is 50.2 Å². The second kappa shape index (κ2) is 7.32. The van der Waals surface area contributed by atoms with Crippen molar-refractivity contribution in [2.75, 3.05) is 10.8 Å². The molecule has 0 aliphatic carbocycles. The molecule has 2 aromatic heterocycles. The van der Waals surface area contributed by atoms with Crippen molar-refractivity contribution < 1.29 is 9.62 Å². The van der Waals surface area contributed by atoms with Crippen LogP contribution >= 0.6 is 0 Å². The van der Waals surface area contributed by atoms with Crippen LogP contribution in [0.2, 0.25) is 0 Å². The Bertz CT molecular complexity index is 1140. The van der Waals surface area contributed by atoms with Gasteiger partial charge in [0, 0.05) is 17.0 Å². The van der Waals surface area contributed by atoms with Crippen molar-refractivity contribution in [3.8, 4) is 11.3 Å². The molecule has 0 amide bonds. The Morgan fingerprint density at radius 3 is 2.71 bits per heavy atom. The zero-order valence-corrected chi connectivity index (χ0v) is 16.0. The van der Waals surface area contributed by atoms with Crippen LogP contribution in [-0.4, -0.2) is 15.2 Å². The van der Waals surface area contributed by atoms with Gasteiger partial charge in [0.05, 0.1) is 23.7 Å². The van der Waals surface area contributed by atoms with Crippen LogP contribution in [0.1, 0.15) is 29.9 Å². The highest BCUT2D eigenvalue weighted by Crippen LogP contribution is 2.28. The number of hydrogen-bond donors (Lipinski definition) is 3. The van der Waals surface area contributed by atoms with Crippen molar-refractivity contribution >= 4 is 22.5 Å². The first-order chi connectivity index (χ1) is 13.5. The summed E-state index contributed by atoms with van der Waals surface area (Å²) in [6.45, 7) is 5.97. The second-order valence-electron chi connectivity index (χ2n) is 6.92. The normalized spacial score (nSPS) is 12.1. The van der Waals surface area contributed by atoms with Crippen LogP contribution in [0.4, 0.5) is 11.5 Å². The molecule has 4 rings (SSSR count). The molecule has 0 radical (unpaired) electrons. The molecule has 0 aliphatic rings. The van der Waals surface area contributed by atoms with Crippen molar-refractivity contribution in [1.82, 2.24) is 9.97 Å². The number of furan rings is 1. The summed E-state index contributed by atoms with van der Waals surface area (Å²) in [6, 6.07) is 15.6. The third-order valence-corrected chi connectivity index (χ3v) is 4.78. The fourth-order valence-electron chi connectivity index (χ4n) is 3.29. The van der Waals surface area contributed by atoms with Gasteiger partial charge in [-0.15, -0.1) is 0 Å². The summed E-state index contributed by atoms with van der Waals surface area (Å²) in [4.78, 5) is 9.14. The third-order valence-electron chi connectivity index (χ3n) is 4.78. The van der Waals surface area contributed by atoms with E-state index in [4.69, 9.17) is 9.62 Å². The zero-order valence-electron chi connectivity index (χ0n) is 16.0. The predicted molar refractivity (Wildman–Crippen MR) is 111 cm³/mol. The number of nitrogens with one attached hydrogen (secondary N) is 2. The Kier molecular flexibility index (Phi) is 4.71. The topological polar surface area (TPSA) is 83.2 Å². The molecule has 28 heavy (non-hydrogen) atoms. The van der Waals surface area contributed by atoms with Gasteiger partial charge in [-0.2, -0.15) is 0 Å². The lowest BCUT2D eigenvalue weighted by molar-refractivity contribution is 0.389. The molecule has 1 unspecified atom stereocenters. The van der Waals surface area contributed by atoms with Gasteiger partial charge >= 0.3 is 0 Å². The SMILES string of the molecule is Cc1nc(NC(C)c2cccc(NO)c2)cc(-c2ccc3occ(C)c3c2)n1. The predicted octanol–water partition coefficient (Wildman–Crippen LogP) is 5.48. The molecule has 0 fully saturated rings. The minimum Gasteiger partial charge on any atom is -0.464 e. The summed E-state index contributed by atoms with van der Waals surface area (Å²) in [7, 11) is 0. The largest absolute Gasteiger partial charge is 0.464 e. The maximum atomic E-state index is 9.11. The van der Waals surface area contributed by atoms with Crippen LogP contribution in [0.15, 0.2) is 59.2 Å². The second-order valence-corrected chi connectivity index (χ2v) is 6.92. The maximum absolute atomic E-state index is 9.11. The van der Waals surface area contributed by atoms with Crippen molar-refractivity contribution in [1.29, 1.82) is 0 Å². The number of hydrogen-bond acceptors (Lipinski definition) is 6. The first-order valence-corrected chi connectivity index (χ1v) is 9.14. The molecule has 142 valence electrons. The first kappa shape index (κ1) is 18.0. The number of nitrogens with zero attached hydrogens (tertiary/aromatic N) is 2. The molecule has 0 bridgehead atoms. The van der Waals surface area contributed by atoms with Crippen molar-refractivity contribution in [2.24, 2.45) is 0 Å². The number of benzene rings is 2. The lowest BCUT2D eigenvalue weighted by Gasteiger charge is -2.17. The van der Waals surface area contributed by atoms with E-state index in [0.29, 0.717) is 11.5 Å². The molecule has 6 heteroatoms. The average Bonchev–Trinajstić information content (AvgIpc) is 3.08. The van der Waals surface area contributed by atoms with Crippen LogP contribution in [-0.2, 0) is 0 Å². The van der Waals surface area contributed by atoms with E-state index in [1.165, 1.54) is 0 Å². The summed E-state index contributed by atoms with van der Waals surface area (Å²) in [6.07, 6.45) is 1.77. The van der Waals surface area contributed by atoms with E-state index in [2.05, 4.69) is 33.8 Å². The summed E-state index contributed by atoms with van der Waals surface area (Å²) in [5, 5.41) is 13.6. The minimum atomic E-state index is 0.00838. The highest BCUT2D eigenvalue weighted by atomic mass is 16.5. The van der Waals surface area contributed by atoms with Gasteiger partial charge in [0.2, 0.25) is 0 Å². The Morgan fingerprint density at radius 2 is 1.89 bits per heavy atom. The van der Waals surface area contributed by atoms with Gasteiger partial charge in [-0.25, -0.2) is 9.97 Å². The fourth-order valence-corrected chi connectivity index (χ4v) is 3.29. The van der Waals surface area contributed by atoms with Crippen LogP contribution in [0.25, 0.3) is 22.2 Å². The third kappa shape index (κ3) is 3.54. The molecule has 3 N–H and O–H groups in total. The highest BCUT2D eigenvalue weighted by molar-refractivity contribution is 5.85. The molecule has 2 aromatic carbocycles. The van der Waals surface area contributed by atoms with Crippen molar-refractivity contribution in [3.63, 3.8) is 0 Å². The van der Waals surface area contributed by atoms with Gasteiger partial charge in [-0.05, 0) is 62.2 Å². The molecular weight excluding hydrogens is 352 g/mol. The van der Waals surface area contributed by atoms with Crippen LogP contribution < -0.4 is 10.8 Å². The number of anilines is 2. The smallest absolute Gasteiger partial charge is 0.134 e. The molecule has 0 saturated heterocycles.